The van der Waals surface area contributed by atoms with Crippen LogP contribution < -0.4 is 9.30 Å². The first-order valence-electron chi connectivity index (χ1n) is 10.7. The first-order chi connectivity index (χ1) is 15.6. The van der Waals surface area contributed by atoms with E-state index in [1.54, 1.807) is 0 Å². The van der Waals surface area contributed by atoms with Gasteiger partial charge in [-0.1, -0.05) is 24.3 Å². The number of nitriles is 1. The van der Waals surface area contributed by atoms with Crippen LogP contribution in [0.3, 0.4) is 0 Å². The average Bonchev–Trinajstić information content (AvgIpc) is 3.18. The molecule has 0 N–H and O–H groups in total. The van der Waals surface area contributed by atoms with E-state index in [0.717, 1.165) is 55.6 Å². The van der Waals surface area contributed by atoms with Crippen LogP contribution in [0.2, 0.25) is 0 Å². The van der Waals surface area contributed by atoms with Crippen molar-refractivity contribution in [3.8, 4) is 34.2 Å². The second kappa shape index (κ2) is 7.86. The molecule has 0 aliphatic heterocycles. The third kappa shape index (κ3) is 3.11. The van der Waals surface area contributed by atoms with E-state index in [0.29, 0.717) is 12.2 Å². The van der Waals surface area contributed by atoms with Gasteiger partial charge >= 0.3 is 0 Å². The van der Waals surface area contributed by atoms with Gasteiger partial charge < -0.3 is 9.15 Å². The SMILES string of the molecule is CCOc1ccc(-c2c(C#N)ccc3c2oc2c(-c4cccc[n+]4C)c(C)ccc23)cc1. The molecule has 0 atom stereocenters. The maximum absolute atomic E-state index is 9.85. The van der Waals surface area contributed by atoms with Gasteiger partial charge in [-0.25, -0.2) is 4.57 Å². The van der Waals surface area contributed by atoms with E-state index in [1.165, 1.54) is 0 Å². The van der Waals surface area contributed by atoms with Gasteiger partial charge in [0, 0.05) is 28.5 Å². The van der Waals surface area contributed by atoms with Crippen LogP contribution in [0.15, 0.2) is 77.3 Å². The number of aryl methyl sites for hydroxylation is 2. The lowest BCUT2D eigenvalue weighted by molar-refractivity contribution is -0.660. The minimum Gasteiger partial charge on any atom is -0.494 e. The zero-order chi connectivity index (χ0) is 22.2. The van der Waals surface area contributed by atoms with Crippen LogP contribution in [-0.4, -0.2) is 6.61 Å². The Labute approximate surface area is 186 Å². The highest BCUT2D eigenvalue weighted by atomic mass is 16.5. The summed E-state index contributed by atoms with van der Waals surface area (Å²) in [6.45, 7) is 4.67. The standard InChI is InChI=1S/C28H23N2O2/c1-4-31-21-12-9-19(10-13-21)26-20(17-29)11-15-23-22-14-8-18(2)25(27(22)32-28(23)26)24-7-5-6-16-30(24)3/h5-16H,4H2,1-3H3/q+1. The minimum absolute atomic E-state index is 0.587. The quantitative estimate of drug-likeness (QED) is 0.320. The first kappa shape index (κ1) is 19.8. The van der Waals surface area contributed by atoms with Gasteiger partial charge in [0.1, 0.15) is 24.0 Å². The summed E-state index contributed by atoms with van der Waals surface area (Å²) >= 11 is 0. The third-order valence-electron chi connectivity index (χ3n) is 5.90. The summed E-state index contributed by atoms with van der Waals surface area (Å²) in [7, 11) is 2.04. The molecular formula is C28H23N2O2+. The van der Waals surface area contributed by atoms with E-state index in [4.69, 9.17) is 9.15 Å². The van der Waals surface area contributed by atoms with E-state index in [2.05, 4.69) is 35.8 Å². The molecule has 2 heterocycles. The van der Waals surface area contributed by atoms with Crippen molar-refractivity contribution < 1.29 is 13.7 Å². The van der Waals surface area contributed by atoms with Crippen molar-refractivity contribution >= 4 is 21.9 Å². The molecule has 0 unspecified atom stereocenters. The summed E-state index contributed by atoms with van der Waals surface area (Å²) in [6, 6.07) is 24.4. The molecule has 0 aliphatic carbocycles. The molecule has 3 aromatic carbocycles. The van der Waals surface area contributed by atoms with Crippen LogP contribution in [0.4, 0.5) is 0 Å². The zero-order valence-corrected chi connectivity index (χ0v) is 18.3. The van der Waals surface area contributed by atoms with Gasteiger partial charge in [-0.2, -0.15) is 5.26 Å². The fraction of sp³-hybridized carbons (Fsp3) is 0.143. The van der Waals surface area contributed by atoms with E-state index >= 15 is 0 Å². The maximum atomic E-state index is 9.85. The highest BCUT2D eigenvalue weighted by Crippen LogP contribution is 2.42. The van der Waals surface area contributed by atoms with Crippen LogP contribution >= 0.6 is 0 Å². The van der Waals surface area contributed by atoms with E-state index in [1.807, 2.05) is 68.7 Å². The number of benzene rings is 3. The number of hydrogen-bond acceptors (Lipinski definition) is 3. The summed E-state index contributed by atoms with van der Waals surface area (Å²) in [5, 5.41) is 11.9. The lowest BCUT2D eigenvalue weighted by Crippen LogP contribution is -2.30. The number of aromatic nitrogens is 1. The molecule has 0 aliphatic rings. The summed E-state index contributed by atoms with van der Waals surface area (Å²) in [4.78, 5) is 0. The molecule has 32 heavy (non-hydrogen) atoms. The maximum Gasteiger partial charge on any atom is 0.216 e. The van der Waals surface area contributed by atoms with Crippen molar-refractivity contribution in [1.29, 1.82) is 5.26 Å². The molecule has 0 saturated heterocycles. The molecule has 5 rings (SSSR count). The molecule has 0 spiro atoms. The van der Waals surface area contributed by atoms with E-state index in [9.17, 15) is 5.26 Å². The molecule has 4 nitrogen and oxygen atoms in total. The summed E-state index contributed by atoms with van der Waals surface area (Å²) in [6.07, 6.45) is 2.04. The predicted octanol–water partition coefficient (Wildman–Crippen LogP) is 6.32. The number of hydrogen-bond donors (Lipinski definition) is 0. The minimum atomic E-state index is 0.587. The second-order valence-corrected chi connectivity index (χ2v) is 7.87. The summed E-state index contributed by atoms with van der Waals surface area (Å²) in [5.74, 6) is 0.807. The Kier molecular flexibility index (Phi) is 4.88. The Morgan fingerprint density at radius 1 is 0.906 bits per heavy atom. The summed E-state index contributed by atoms with van der Waals surface area (Å²) in [5.41, 5.74) is 7.18. The van der Waals surface area contributed by atoms with Crippen LogP contribution in [0.1, 0.15) is 18.1 Å². The number of nitrogens with zero attached hydrogens (tertiary/aromatic N) is 2. The molecule has 2 aromatic heterocycles. The lowest BCUT2D eigenvalue weighted by atomic mass is 9.96. The first-order valence-corrected chi connectivity index (χ1v) is 10.7. The van der Waals surface area contributed by atoms with Crippen LogP contribution in [0.25, 0.3) is 44.3 Å². The predicted molar refractivity (Wildman–Crippen MR) is 126 cm³/mol. The molecule has 0 bridgehead atoms. The molecular weight excluding hydrogens is 396 g/mol. The Morgan fingerprint density at radius 3 is 2.31 bits per heavy atom. The van der Waals surface area contributed by atoms with Gasteiger partial charge in [0.2, 0.25) is 5.69 Å². The fourth-order valence-corrected chi connectivity index (χ4v) is 4.37. The van der Waals surface area contributed by atoms with Crippen molar-refractivity contribution in [1.82, 2.24) is 0 Å². The van der Waals surface area contributed by atoms with E-state index < -0.39 is 0 Å². The molecule has 4 heteroatoms. The fourth-order valence-electron chi connectivity index (χ4n) is 4.37. The van der Waals surface area contributed by atoms with Crippen LogP contribution in [0, 0.1) is 18.3 Å². The molecule has 0 saturated carbocycles. The highest BCUT2D eigenvalue weighted by molar-refractivity contribution is 6.13. The van der Waals surface area contributed by atoms with Crippen LogP contribution in [0.5, 0.6) is 5.75 Å². The monoisotopic (exact) mass is 419 g/mol. The zero-order valence-electron chi connectivity index (χ0n) is 18.3. The smallest absolute Gasteiger partial charge is 0.216 e. The van der Waals surface area contributed by atoms with E-state index in [-0.39, 0.29) is 0 Å². The number of furan rings is 1. The number of fused-ring (bicyclic) bond motifs is 3. The lowest BCUT2D eigenvalue weighted by Gasteiger charge is -2.07. The van der Waals surface area contributed by atoms with Gasteiger partial charge in [0.25, 0.3) is 0 Å². The Bertz CT molecular complexity index is 1510. The summed E-state index contributed by atoms with van der Waals surface area (Å²) < 4.78 is 14.3. The van der Waals surface area contributed by atoms with Gasteiger partial charge in [-0.15, -0.1) is 0 Å². The Morgan fingerprint density at radius 2 is 1.62 bits per heavy atom. The van der Waals surface area contributed by atoms with Gasteiger partial charge in [0.15, 0.2) is 6.20 Å². The molecule has 0 amide bonds. The van der Waals surface area contributed by atoms with Crippen molar-refractivity contribution in [2.45, 2.75) is 13.8 Å². The van der Waals surface area contributed by atoms with Gasteiger partial charge in [-0.05, 0) is 55.3 Å². The normalized spacial score (nSPS) is 11.1. The van der Waals surface area contributed by atoms with Crippen LogP contribution in [-0.2, 0) is 7.05 Å². The number of rotatable bonds is 4. The number of pyridine rings is 1. The second-order valence-electron chi connectivity index (χ2n) is 7.87. The van der Waals surface area contributed by atoms with Crippen molar-refractivity contribution in [2.24, 2.45) is 7.05 Å². The molecule has 5 aromatic rings. The Hall–Kier alpha value is -4.10. The highest BCUT2D eigenvalue weighted by Gasteiger charge is 2.22. The van der Waals surface area contributed by atoms with Gasteiger partial charge in [0.05, 0.1) is 23.8 Å². The average molecular weight is 420 g/mol. The largest absolute Gasteiger partial charge is 0.494 e. The van der Waals surface area contributed by atoms with Crippen molar-refractivity contribution in [3.05, 3.63) is 84.1 Å². The van der Waals surface area contributed by atoms with Gasteiger partial charge in [-0.3, -0.25) is 0 Å². The van der Waals surface area contributed by atoms with Crippen molar-refractivity contribution in [2.75, 3.05) is 6.61 Å². The molecule has 156 valence electrons. The van der Waals surface area contributed by atoms with Crippen molar-refractivity contribution in [3.63, 3.8) is 0 Å². The third-order valence-corrected chi connectivity index (χ3v) is 5.90. The number of ether oxygens (including phenoxy) is 1. The molecule has 0 radical (unpaired) electrons. The molecule has 0 fully saturated rings. The Balaban J connectivity index is 1.83. The topological polar surface area (TPSA) is 50.0 Å².